The Morgan fingerprint density at radius 3 is 2.90 bits per heavy atom. The Morgan fingerprint density at radius 1 is 1.38 bits per heavy atom. The van der Waals surface area contributed by atoms with E-state index in [4.69, 9.17) is 21.1 Å². The number of carboxylic acid groups (broad SMARTS) is 1. The summed E-state index contributed by atoms with van der Waals surface area (Å²) in [6.07, 6.45) is 1.63. The first-order valence-electron chi connectivity index (χ1n) is 6.51. The van der Waals surface area contributed by atoms with Gasteiger partial charge < -0.3 is 9.52 Å². The summed E-state index contributed by atoms with van der Waals surface area (Å²) in [6, 6.07) is 5.64. The number of hydrogen-bond donors (Lipinski definition) is 1. The minimum atomic E-state index is -0.769. The van der Waals surface area contributed by atoms with Gasteiger partial charge in [0.25, 0.3) is 5.22 Å². The highest BCUT2D eigenvalue weighted by Crippen LogP contribution is 2.29. The molecule has 21 heavy (non-hydrogen) atoms. The topological polar surface area (TPSA) is 76.2 Å². The summed E-state index contributed by atoms with van der Waals surface area (Å²) in [7, 11) is 0. The maximum Gasteiger partial charge on any atom is 0.303 e. The second kappa shape index (κ2) is 7.47. The molecule has 0 aliphatic carbocycles. The van der Waals surface area contributed by atoms with Crippen LogP contribution in [0.25, 0.3) is 11.5 Å². The number of aliphatic carboxylic acids is 1. The van der Waals surface area contributed by atoms with Crippen molar-refractivity contribution in [3.63, 3.8) is 0 Å². The molecule has 1 heterocycles. The zero-order valence-corrected chi connectivity index (χ0v) is 13.1. The van der Waals surface area contributed by atoms with Gasteiger partial charge >= 0.3 is 5.97 Å². The van der Waals surface area contributed by atoms with Crippen LogP contribution in [-0.2, 0) is 4.79 Å². The molecule has 0 saturated heterocycles. The van der Waals surface area contributed by atoms with Gasteiger partial charge in [-0.2, -0.15) is 0 Å². The van der Waals surface area contributed by atoms with Crippen LogP contribution in [0.5, 0.6) is 0 Å². The van der Waals surface area contributed by atoms with Gasteiger partial charge in [-0.15, -0.1) is 10.2 Å². The Morgan fingerprint density at radius 2 is 2.19 bits per heavy atom. The second-order valence-corrected chi connectivity index (χ2v) is 6.01. The molecule has 0 fully saturated rings. The molecule has 2 rings (SSSR count). The Labute approximate surface area is 131 Å². The average Bonchev–Trinajstić information content (AvgIpc) is 2.86. The fraction of sp³-hybridized carbons (Fsp3) is 0.357. The molecule has 0 spiro atoms. The zero-order chi connectivity index (χ0) is 15.2. The maximum absolute atomic E-state index is 10.4. The van der Waals surface area contributed by atoms with Gasteiger partial charge in [0.15, 0.2) is 0 Å². The lowest BCUT2D eigenvalue weighted by molar-refractivity contribution is -0.137. The molecule has 1 aromatic carbocycles. The number of thioether (sulfide) groups is 1. The number of nitrogens with zero attached hydrogens (tertiary/aromatic N) is 2. The number of benzene rings is 1. The zero-order valence-electron chi connectivity index (χ0n) is 11.5. The van der Waals surface area contributed by atoms with Gasteiger partial charge in [-0.25, -0.2) is 0 Å². The highest BCUT2D eigenvalue weighted by atomic mass is 35.5. The first kappa shape index (κ1) is 15.9. The smallest absolute Gasteiger partial charge is 0.303 e. The number of hydrogen-bond acceptors (Lipinski definition) is 5. The Balaban J connectivity index is 1.91. The molecule has 0 aliphatic rings. The molecule has 2 aromatic rings. The molecular weight excluding hydrogens is 312 g/mol. The average molecular weight is 327 g/mol. The molecule has 112 valence electrons. The lowest BCUT2D eigenvalue weighted by Crippen LogP contribution is -1.94. The summed E-state index contributed by atoms with van der Waals surface area (Å²) in [4.78, 5) is 10.4. The van der Waals surface area contributed by atoms with E-state index in [0.717, 1.165) is 17.7 Å². The summed E-state index contributed by atoms with van der Waals surface area (Å²) in [5.74, 6) is 0.374. The van der Waals surface area contributed by atoms with Crippen molar-refractivity contribution < 1.29 is 14.3 Å². The van der Waals surface area contributed by atoms with Crippen LogP contribution in [0.1, 0.15) is 24.8 Å². The fourth-order valence-electron chi connectivity index (χ4n) is 1.71. The highest BCUT2D eigenvalue weighted by Gasteiger charge is 2.12. The Bertz CT molecular complexity index is 630. The van der Waals surface area contributed by atoms with Gasteiger partial charge in [-0.1, -0.05) is 29.4 Å². The lowest BCUT2D eigenvalue weighted by Gasteiger charge is -2.00. The third kappa shape index (κ3) is 4.75. The summed E-state index contributed by atoms with van der Waals surface area (Å²) in [5.41, 5.74) is 1.78. The van der Waals surface area contributed by atoms with Crippen molar-refractivity contribution in [1.82, 2.24) is 10.2 Å². The molecule has 0 radical (unpaired) electrons. The maximum atomic E-state index is 10.4. The van der Waals surface area contributed by atoms with Crippen molar-refractivity contribution in [2.24, 2.45) is 0 Å². The van der Waals surface area contributed by atoms with E-state index in [1.54, 1.807) is 0 Å². The normalized spacial score (nSPS) is 10.8. The number of halogens is 1. The molecule has 0 saturated carbocycles. The SMILES string of the molecule is Cc1ccc(-c2nnc(SCCCCC(=O)O)o2)c(Cl)c1. The molecule has 1 N–H and O–H groups in total. The van der Waals surface area contributed by atoms with Crippen molar-refractivity contribution in [2.75, 3.05) is 5.75 Å². The molecule has 0 amide bonds. The molecule has 0 bridgehead atoms. The fourth-order valence-corrected chi connectivity index (χ4v) is 2.78. The van der Waals surface area contributed by atoms with Gasteiger partial charge in [0, 0.05) is 12.2 Å². The monoisotopic (exact) mass is 326 g/mol. The summed E-state index contributed by atoms with van der Waals surface area (Å²) in [5, 5.41) is 17.5. The minimum Gasteiger partial charge on any atom is -0.481 e. The van der Waals surface area contributed by atoms with Crippen molar-refractivity contribution in [3.8, 4) is 11.5 Å². The minimum absolute atomic E-state index is 0.189. The van der Waals surface area contributed by atoms with Crippen molar-refractivity contribution in [3.05, 3.63) is 28.8 Å². The lowest BCUT2D eigenvalue weighted by atomic mass is 10.1. The summed E-state index contributed by atoms with van der Waals surface area (Å²) < 4.78 is 5.56. The third-order valence-corrected chi connectivity index (χ3v) is 3.99. The van der Waals surface area contributed by atoms with Gasteiger partial charge in [0.2, 0.25) is 5.89 Å². The first-order chi connectivity index (χ1) is 10.1. The molecule has 0 atom stereocenters. The van der Waals surface area contributed by atoms with E-state index >= 15 is 0 Å². The number of unbranched alkanes of at least 4 members (excludes halogenated alkanes) is 1. The number of rotatable bonds is 7. The van der Waals surface area contributed by atoms with E-state index in [1.807, 2.05) is 25.1 Å². The second-order valence-electron chi connectivity index (χ2n) is 4.56. The molecule has 5 nitrogen and oxygen atoms in total. The van der Waals surface area contributed by atoms with E-state index in [1.165, 1.54) is 11.8 Å². The van der Waals surface area contributed by atoms with Crippen LogP contribution in [0.3, 0.4) is 0 Å². The molecule has 1 aromatic heterocycles. The molecule has 0 aliphatic heterocycles. The van der Waals surface area contributed by atoms with E-state index in [2.05, 4.69) is 10.2 Å². The molecule has 7 heteroatoms. The number of carbonyl (C=O) groups is 1. The van der Waals surface area contributed by atoms with E-state index in [0.29, 0.717) is 28.1 Å². The van der Waals surface area contributed by atoms with Crippen molar-refractivity contribution in [1.29, 1.82) is 0 Å². The standard InChI is InChI=1S/C14H15ClN2O3S/c1-9-5-6-10(11(15)8-9)13-16-17-14(20-13)21-7-3-2-4-12(18)19/h5-6,8H,2-4,7H2,1H3,(H,18,19). The van der Waals surface area contributed by atoms with Crippen LogP contribution < -0.4 is 0 Å². The Hall–Kier alpha value is -1.53. The van der Waals surface area contributed by atoms with E-state index in [-0.39, 0.29) is 6.42 Å². The number of carboxylic acids is 1. The van der Waals surface area contributed by atoms with Crippen LogP contribution in [0.2, 0.25) is 5.02 Å². The molecule has 0 unspecified atom stereocenters. The van der Waals surface area contributed by atoms with Crippen LogP contribution in [0.15, 0.2) is 27.8 Å². The van der Waals surface area contributed by atoms with Gasteiger partial charge in [-0.05, 0) is 37.5 Å². The van der Waals surface area contributed by atoms with Crippen LogP contribution in [0.4, 0.5) is 0 Å². The quantitative estimate of drug-likeness (QED) is 0.611. The van der Waals surface area contributed by atoms with Crippen molar-refractivity contribution in [2.45, 2.75) is 31.4 Å². The summed E-state index contributed by atoms with van der Waals surface area (Å²) >= 11 is 7.58. The Kier molecular flexibility index (Phi) is 5.64. The van der Waals surface area contributed by atoms with Gasteiger partial charge in [0.05, 0.1) is 10.6 Å². The van der Waals surface area contributed by atoms with Crippen LogP contribution in [0, 0.1) is 6.92 Å². The number of aromatic nitrogens is 2. The predicted octanol–water partition coefficient (Wildman–Crippen LogP) is 4.05. The van der Waals surface area contributed by atoms with E-state index in [9.17, 15) is 4.79 Å². The largest absolute Gasteiger partial charge is 0.481 e. The van der Waals surface area contributed by atoms with Gasteiger partial charge in [0.1, 0.15) is 0 Å². The number of aryl methyl sites for hydroxylation is 1. The summed E-state index contributed by atoms with van der Waals surface area (Å²) in [6.45, 7) is 1.96. The predicted molar refractivity (Wildman–Crippen MR) is 81.7 cm³/mol. The molecular formula is C14H15ClN2O3S. The van der Waals surface area contributed by atoms with Crippen LogP contribution >= 0.6 is 23.4 Å². The first-order valence-corrected chi connectivity index (χ1v) is 7.87. The van der Waals surface area contributed by atoms with Gasteiger partial charge in [-0.3, -0.25) is 4.79 Å². The van der Waals surface area contributed by atoms with Crippen LogP contribution in [-0.4, -0.2) is 27.0 Å². The highest BCUT2D eigenvalue weighted by molar-refractivity contribution is 7.99. The van der Waals surface area contributed by atoms with Crippen molar-refractivity contribution >= 4 is 29.3 Å². The third-order valence-electron chi connectivity index (χ3n) is 2.77. The van der Waals surface area contributed by atoms with E-state index < -0.39 is 5.97 Å².